The standard InChI is InChI=1S/C24H29ClN4O2S2/c1-15(2)22-26-23(21-19-9-4-16(3)14-20(19)32-24(21)27-22)28-10-12-29(13-11-28)33(30,31)18-7-5-17(25)6-8-18/h5-8,15-16H,4,9-14H2,1-3H3/t16-/m1/s1. The van der Waals surface area contributed by atoms with Crippen molar-refractivity contribution in [2.75, 3.05) is 31.1 Å². The Hall–Kier alpha value is -1.74. The van der Waals surface area contributed by atoms with E-state index in [1.807, 2.05) is 11.3 Å². The number of fused-ring (bicyclic) bond motifs is 3. The van der Waals surface area contributed by atoms with Crippen molar-refractivity contribution in [1.29, 1.82) is 0 Å². The molecule has 0 saturated carbocycles. The SMILES string of the molecule is CC(C)c1nc(N2CCN(S(=O)(=O)c3ccc(Cl)cc3)CC2)c2c3c(sc2n1)C[C@H](C)CC3. The van der Waals surface area contributed by atoms with Gasteiger partial charge in [0, 0.05) is 42.0 Å². The zero-order valence-corrected chi connectivity index (χ0v) is 21.6. The van der Waals surface area contributed by atoms with Gasteiger partial charge in [-0.15, -0.1) is 11.3 Å². The molecule has 176 valence electrons. The van der Waals surface area contributed by atoms with Crippen molar-refractivity contribution < 1.29 is 8.42 Å². The third-order valence-corrected chi connectivity index (χ3v) is 9.97. The Bertz CT molecular complexity index is 1280. The Morgan fingerprint density at radius 1 is 1.09 bits per heavy atom. The second kappa shape index (κ2) is 8.80. The number of thiophene rings is 1. The molecule has 6 nitrogen and oxygen atoms in total. The van der Waals surface area contributed by atoms with Gasteiger partial charge in [0.1, 0.15) is 16.5 Å². The van der Waals surface area contributed by atoms with E-state index in [0.717, 1.165) is 29.3 Å². The van der Waals surface area contributed by atoms with Crippen LogP contribution in [-0.2, 0) is 22.9 Å². The average molecular weight is 505 g/mol. The van der Waals surface area contributed by atoms with Gasteiger partial charge >= 0.3 is 0 Å². The van der Waals surface area contributed by atoms with Crippen LogP contribution in [0.3, 0.4) is 0 Å². The number of nitrogens with zero attached hydrogens (tertiary/aromatic N) is 4. The topological polar surface area (TPSA) is 66.4 Å². The van der Waals surface area contributed by atoms with Crippen LogP contribution in [0.4, 0.5) is 5.82 Å². The van der Waals surface area contributed by atoms with E-state index in [1.165, 1.54) is 22.2 Å². The van der Waals surface area contributed by atoms with Crippen molar-refractivity contribution in [2.24, 2.45) is 5.92 Å². The summed E-state index contributed by atoms with van der Waals surface area (Å²) < 4.78 is 27.8. The highest BCUT2D eigenvalue weighted by Crippen LogP contribution is 2.41. The molecule has 1 aromatic carbocycles. The first-order valence-electron chi connectivity index (χ1n) is 11.6. The van der Waals surface area contributed by atoms with Crippen LogP contribution in [0.5, 0.6) is 0 Å². The lowest BCUT2D eigenvalue weighted by atomic mass is 9.89. The number of aromatic nitrogens is 2. The Labute approximate surface area is 204 Å². The molecule has 3 heterocycles. The lowest BCUT2D eigenvalue weighted by Crippen LogP contribution is -2.49. The van der Waals surface area contributed by atoms with Gasteiger partial charge in [0.05, 0.1) is 10.3 Å². The first-order chi connectivity index (χ1) is 15.7. The van der Waals surface area contributed by atoms with E-state index >= 15 is 0 Å². The molecule has 1 aliphatic heterocycles. The molecular formula is C24H29ClN4O2S2. The average Bonchev–Trinajstić information content (AvgIpc) is 3.16. The van der Waals surface area contributed by atoms with Crippen LogP contribution in [0.15, 0.2) is 29.2 Å². The fourth-order valence-electron chi connectivity index (χ4n) is 4.72. The highest BCUT2D eigenvalue weighted by atomic mass is 35.5. The molecule has 0 bridgehead atoms. The van der Waals surface area contributed by atoms with Gasteiger partial charge < -0.3 is 4.90 Å². The van der Waals surface area contributed by atoms with Gasteiger partial charge in [0.15, 0.2) is 0 Å². The van der Waals surface area contributed by atoms with E-state index < -0.39 is 10.0 Å². The fourth-order valence-corrected chi connectivity index (χ4v) is 7.65. The van der Waals surface area contributed by atoms with Crippen molar-refractivity contribution in [3.63, 3.8) is 0 Å². The molecule has 0 spiro atoms. The summed E-state index contributed by atoms with van der Waals surface area (Å²) in [5, 5.41) is 1.72. The molecule has 1 atom stereocenters. The third-order valence-electron chi connectivity index (χ3n) is 6.66. The lowest BCUT2D eigenvalue weighted by molar-refractivity contribution is 0.384. The number of benzene rings is 1. The summed E-state index contributed by atoms with van der Waals surface area (Å²) in [7, 11) is -3.54. The molecule has 3 aromatic rings. The van der Waals surface area contributed by atoms with Crippen molar-refractivity contribution in [3.05, 3.63) is 45.6 Å². The van der Waals surface area contributed by atoms with E-state index in [4.69, 9.17) is 21.6 Å². The van der Waals surface area contributed by atoms with Gasteiger partial charge in [-0.05, 0) is 55.0 Å². The Morgan fingerprint density at radius 3 is 2.45 bits per heavy atom. The Morgan fingerprint density at radius 2 is 1.79 bits per heavy atom. The van der Waals surface area contributed by atoms with Crippen LogP contribution < -0.4 is 4.90 Å². The van der Waals surface area contributed by atoms with Crippen molar-refractivity contribution in [2.45, 2.75) is 50.8 Å². The molecule has 9 heteroatoms. The second-order valence-electron chi connectivity index (χ2n) is 9.44. The van der Waals surface area contributed by atoms with Crippen LogP contribution in [0.1, 0.15) is 49.4 Å². The van der Waals surface area contributed by atoms with E-state index in [0.29, 0.717) is 37.1 Å². The second-order valence-corrected chi connectivity index (χ2v) is 12.9. The van der Waals surface area contributed by atoms with E-state index in [1.54, 1.807) is 28.6 Å². The predicted octanol–water partition coefficient (Wildman–Crippen LogP) is 5.10. The van der Waals surface area contributed by atoms with E-state index in [-0.39, 0.29) is 10.8 Å². The maximum absolute atomic E-state index is 13.1. The molecule has 0 unspecified atom stereocenters. The highest BCUT2D eigenvalue weighted by molar-refractivity contribution is 7.89. The molecule has 0 amide bonds. The zero-order chi connectivity index (χ0) is 23.3. The summed E-state index contributed by atoms with van der Waals surface area (Å²) in [6.07, 6.45) is 3.37. The molecule has 5 rings (SSSR count). The predicted molar refractivity (Wildman–Crippen MR) is 135 cm³/mol. The maximum Gasteiger partial charge on any atom is 0.243 e. The van der Waals surface area contributed by atoms with Gasteiger partial charge in [-0.3, -0.25) is 0 Å². The quantitative estimate of drug-likeness (QED) is 0.494. The smallest absolute Gasteiger partial charge is 0.243 e. The number of hydrogen-bond donors (Lipinski definition) is 0. The Balaban J connectivity index is 1.46. The number of aryl methyl sites for hydroxylation is 1. The van der Waals surface area contributed by atoms with Crippen molar-refractivity contribution in [1.82, 2.24) is 14.3 Å². The normalized spacial score (nSPS) is 19.9. The van der Waals surface area contributed by atoms with Gasteiger partial charge in [-0.2, -0.15) is 4.31 Å². The van der Waals surface area contributed by atoms with Crippen LogP contribution in [0, 0.1) is 5.92 Å². The number of halogens is 1. The molecule has 2 aromatic heterocycles. The summed E-state index contributed by atoms with van der Waals surface area (Å²) in [5.74, 6) is 2.78. The molecule has 1 fully saturated rings. The Kier molecular flexibility index (Phi) is 6.14. The molecule has 0 N–H and O–H groups in total. The van der Waals surface area contributed by atoms with Gasteiger partial charge in [0.2, 0.25) is 10.0 Å². The van der Waals surface area contributed by atoms with Gasteiger partial charge in [-0.1, -0.05) is 32.4 Å². The van der Waals surface area contributed by atoms with Crippen LogP contribution >= 0.6 is 22.9 Å². The van der Waals surface area contributed by atoms with Gasteiger partial charge in [-0.25, -0.2) is 18.4 Å². The fraction of sp³-hybridized carbons (Fsp3) is 0.500. The molecular weight excluding hydrogens is 476 g/mol. The van der Waals surface area contributed by atoms with Crippen LogP contribution in [0.2, 0.25) is 5.02 Å². The van der Waals surface area contributed by atoms with Crippen molar-refractivity contribution >= 4 is 49.0 Å². The molecule has 0 radical (unpaired) electrons. The number of sulfonamides is 1. The number of rotatable bonds is 4. The summed E-state index contributed by atoms with van der Waals surface area (Å²) in [5.41, 5.74) is 1.41. The summed E-state index contributed by atoms with van der Waals surface area (Å²) in [6.45, 7) is 8.64. The number of hydrogen-bond acceptors (Lipinski definition) is 6. The zero-order valence-electron chi connectivity index (χ0n) is 19.2. The highest BCUT2D eigenvalue weighted by Gasteiger charge is 2.32. The minimum Gasteiger partial charge on any atom is -0.353 e. The molecule has 1 saturated heterocycles. The van der Waals surface area contributed by atoms with Crippen LogP contribution in [0.25, 0.3) is 10.2 Å². The lowest BCUT2D eigenvalue weighted by Gasteiger charge is -2.35. The monoisotopic (exact) mass is 504 g/mol. The number of anilines is 1. The number of piperazine rings is 1. The first kappa shape index (κ1) is 23.0. The minimum absolute atomic E-state index is 0.234. The summed E-state index contributed by atoms with van der Waals surface area (Å²) in [6, 6.07) is 6.39. The minimum atomic E-state index is -3.54. The van der Waals surface area contributed by atoms with Crippen molar-refractivity contribution in [3.8, 4) is 0 Å². The van der Waals surface area contributed by atoms with Gasteiger partial charge in [0.25, 0.3) is 0 Å². The summed E-state index contributed by atoms with van der Waals surface area (Å²) in [4.78, 5) is 15.0. The molecule has 1 aliphatic carbocycles. The largest absolute Gasteiger partial charge is 0.353 e. The first-order valence-corrected chi connectivity index (χ1v) is 14.2. The molecule has 2 aliphatic rings. The maximum atomic E-state index is 13.1. The summed E-state index contributed by atoms with van der Waals surface area (Å²) >= 11 is 7.76. The van der Waals surface area contributed by atoms with Crippen LogP contribution in [-0.4, -0.2) is 48.9 Å². The third kappa shape index (κ3) is 4.27. The molecule has 33 heavy (non-hydrogen) atoms. The van der Waals surface area contributed by atoms with E-state index in [2.05, 4.69) is 25.7 Å². The van der Waals surface area contributed by atoms with E-state index in [9.17, 15) is 8.42 Å².